The van der Waals surface area contributed by atoms with Gasteiger partial charge in [0, 0.05) is 11.3 Å². The Balaban J connectivity index is 2.09. The molecule has 1 fully saturated rings. The van der Waals surface area contributed by atoms with E-state index in [1.165, 1.54) is 18.2 Å². The van der Waals surface area contributed by atoms with Gasteiger partial charge in [-0.3, -0.25) is 4.79 Å². The highest BCUT2D eigenvalue weighted by Gasteiger charge is 2.45. The lowest BCUT2D eigenvalue weighted by Crippen LogP contribution is -2.37. The second-order valence-corrected chi connectivity index (χ2v) is 4.04. The highest BCUT2D eigenvalue weighted by atomic mass is 19.3. The summed E-state index contributed by atoms with van der Waals surface area (Å²) >= 11 is 0. The summed E-state index contributed by atoms with van der Waals surface area (Å²) in [6, 6.07) is 5.62. The second-order valence-electron chi connectivity index (χ2n) is 4.04. The summed E-state index contributed by atoms with van der Waals surface area (Å²) in [5.41, 5.74) is 5.13. The Bertz CT molecular complexity index is 416. The molecule has 0 bridgehead atoms. The summed E-state index contributed by atoms with van der Waals surface area (Å²) in [5, 5.41) is 2.54. The molecular weight excluding hydrogens is 214 g/mol. The second kappa shape index (κ2) is 3.83. The number of halogens is 2. The quantitative estimate of drug-likeness (QED) is 0.828. The van der Waals surface area contributed by atoms with Crippen molar-refractivity contribution in [3.05, 3.63) is 29.8 Å². The molecule has 0 aliphatic heterocycles. The van der Waals surface area contributed by atoms with Gasteiger partial charge in [0.15, 0.2) is 0 Å². The topological polar surface area (TPSA) is 55.1 Å². The number of benzene rings is 1. The molecule has 1 aliphatic rings. The third-order valence-corrected chi connectivity index (χ3v) is 2.64. The number of nitrogens with two attached hydrogens (primary N) is 1. The van der Waals surface area contributed by atoms with Gasteiger partial charge in [-0.05, 0) is 25.0 Å². The number of anilines is 1. The zero-order valence-electron chi connectivity index (χ0n) is 8.54. The van der Waals surface area contributed by atoms with Crippen LogP contribution in [-0.2, 0) is 4.79 Å². The van der Waals surface area contributed by atoms with Gasteiger partial charge in [0.2, 0.25) is 5.91 Å². The van der Waals surface area contributed by atoms with Crippen LogP contribution >= 0.6 is 0 Å². The van der Waals surface area contributed by atoms with Gasteiger partial charge in [0.25, 0.3) is 6.43 Å². The van der Waals surface area contributed by atoms with Gasteiger partial charge >= 0.3 is 0 Å². The normalized spacial score (nSPS) is 17.2. The summed E-state index contributed by atoms with van der Waals surface area (Å²) in [6.07, 6.45) is -1.24. The average Bonchev–Trinajstić information content (AvgIpc) is 2.98. The lowest BCUT2D eigenvalue weighted by molar-refractivity contribution is -0.118. The predicted molar refractivity (Wildman–Crippen MR) is 56.2 cm³/mol. The van der Waals surface area contributed by atoms with Crippen molar-refractivity contribution >= 4 is 11.6 Å². The third kappa shape index (κ3) is 2.19. The van der Waals surface area contributed by atoms with E-state index in [0.717, 1.165) is 0 Å². The number of amides is 1. The molecule has 0 heterocycles. The van der Waals surface area contributed by atoms with Crippen LogP contribution in [0.5, 0.6) is 0 Å². The molecule has 0 saturated heterocycles. The zero-order valence-corrected chi connectivity index (χ0v) is 8.54. The van der Waals surface area contributed by atoms with Crippen LogP contribution in [0.4, 0.5) is 14.5 Å². The average molecular weight is 226 g/mol. The van der Waals surface area contributed by atoms with E-state index in [9.17, 15) is 13.6 Å². The van der Waals surface area contributed by atoms with E-state index >= 15 is 0 Å². The summed E-state index contributed by atoms with van der Waals surface area (Å²) < 4.78 is 24.8. The van der Waals surface area contributed by atoms with Crippen LogP contribution in [0.2, 0.25) is 0 Å². The van der Waals surface area contributed by atoms with E-state index in [4.69, 9.17) is 5.73 Å². The number of carbonyl (C=O) groups is 1. The SMILES string of the molecule is NC1(C(=O)Nc2cccc(C(F)F)c2)CC1. The first-order chi connectivity index (χ1) is 7.51. The highest BCUT2D eigenvalue weighted by molar-refractivity contribution is 6.00. The van der Waals surface area contributed by atoms with Crippen molar-refractivity contribution < 1.29 is 13.6 Å². The standard InChI is InChI=1S/C11H12F2N2O/c12-9(13)7-2-1-3-8(6-7)15-10(16)11(14)4-5-11/h1-3,6,9H,4-5,14H2,(H,15,16). The zero-order chi connectivity index (χ0) is 11.8. The van der Waals surface area contributed by atoms with Crippen molar-refractivity contribution in [1.29, 1.82) is 0 Å². The van der Waals surface area contributed by atoms with Crippen LogP contribution in [0.3, 0.4) is 0 Å². The van der Waals surface area contributed by atoms with Crippen LogP contribution in [0.25, 0.3) is 0 Å². The fourth-order valence-electron chi connectivity index (χ4n) is 1.37. The largest absolute Gasteiger partial charge is 0.324 e. The van der Waals surface area contributed by atoms with Crippen LogP contribution in [0.15, 0.2) is 24.3 Å². The summed E-state index contributed by atoms with van der Waals surface area (Å²) in [6.45, 7) is 0. The molecule has 1 aromatic carbocycles. The molecule has 0 aromatic heterocycles. The van der Waals surface area contributed by atoms with E-state index < -0.39 is 12.0 Å². The molecule has 0 spiro atoms. The first-order valence-corrected chi connectivity index (χ1v) is 5.00. The van der Waals surface area contributed by atoms with E-state index in [1.807, 2.05) is 0 Å². The molecule has 3 nitrogen and oxygen atoms in total. The van der Waals surface area contributed by atoms with Crippen molar-refractivity contribution in [2.75, 3.05) is 5.32 Å². The molecule has 2 rings (SSSR count). The minimum absolute atomic E-state index is 0.111. The van der Waals surface area contributed by atoms with Crippen LogP contribution in [0.1, 0.15) is 24.8 Å². The molecule has 0 radical (unpaired) electrons. The Morgan fingerprint density at radius 1 is 1.44 bits per heavy atom. The van der Waals surface area contributed by atoms with Crippen molar-refractivity contribution in [1.82, 2.24) is 0 Å². The molecule has 1 aromatic rings. The molecule has 3 N–H and O–H groups in total. The van der Waals surface area contributed by atoms with E-state index in [2.05, 4.69) is 5.32 Å². The van der Waals surface area contributed by atoms with Crippen molar-refractivity contribution in [2.45, 2.75) is 24.8 Å². The van der Waals surface area contributed by atoms with Crippen molar-refractivity contribution in [3.8, 4) is 0 Å². The molecule has 86 valence electrons. The number of hydrogen-bond donors (Lipinski definition) is 2. The first kappa shape index (κ1) is 11.0. The maximum Gasteiger partial charge on any atom is 0.263 e. The molecule has 0 unspecified atom stereocenters. The fourth-order valence-corrected chi connectivity index (χ4v) is 1.37. The van der Waals surface area contributed by atoms with Gasteiger partial charge in [-0.25, -0.2) is 8.78 Å². The van der Waals surface area contributed by atoms with Gasteiger partial charge in [0.1, 0.15) is 0 Å². The minimum atomic E-state index is -2.54. The predicted octanol–water partition coefficient (Wildman–Crippen LogP) is 2.05. The maximum atomic E-state index is 12.4. The highest BCUT2D eigenvalue weighted by Crippen LogP contribution is 2.33. The van der Waals surface area contributed by atoms with Crippen molar-refractivity contribution in [3.63, 3.8) is 0 Å². The number of hydrogen-bond acceptors (Lipinski definition) is 2. The number of nitrogens with one attached hydrogen (secondary N) is 1. The van der Waals surface area contributed by atoms with Crippen LogP contribution in [-0.4, -0.2) is 11.4 Å². The lowest BCUT2D eigenvalue weighted by Gasteiger charge is -2.10. The summed E-state index contributed by atoms with van der Waals surface area (Å²) in [4.78, 5) is 11.6. The Labute approximate surface area is 91.6 Å². The van der Waals surface area contributed by atoms with Gasteiger partial charge in [-0.15, -0.1) is 0 Å². The monoisotopic (exact) mass is 226 g/mol. The Morgan fingerprint density at radius 2 is 2.12 bits per heavy atom. The molecule has 1 aliphatic carbocycles. The van der Waals surface area contributed by atoms with Crippen LogP contribution in [0, 0.1) is 0 Å². The molecule has 1 saturated carbocycles. The van der Waals surface area contributed by atoms with E-state index in [-0.39, 0.29) is 11.5 Å². The van der Waals surface area contributed by atoms with Gasteiger partial charge in [0.05, 0.1) is 5.54 Å². The molecular formula is C11H12F2N2O. The number of alkyl halides is 2. The maximum absolute atomic E-state index is 12.4. The Hall–Kier alpha value is -1.49. The van der Waals surface area contributed by atoms with Gasteiger partial charge < -0.3 is 11.1 Å². The van der Waals surface area contributed by atoms with Crippen LogP contribution < -0.4 is 11.1 Å². The van der Waals surface area contributed by atoms with Gasteiger partial charge in [-0.1, -0.05) is 12.1 Å². The molecule has 1 amide bonds. The fraction of sp³-hybridized carbons (Fsp3) is 0.364. The number of carbonyl (C=O) groups excluding carboxylic acids is 1. The molecule has 5 heteroatoms. The first-order valence-electron chi connectivity index (χ1n) is 5.00. The lowest BCUT2D eigenvalue weighted by atomic mass is 10.2. The van der Waals surface area contributed by atoms with E-state index in [1.54, 1.807) is 6.07 Å². The van der Waals surface area contributed by atoms with Crippen molar-refractivity contribution in [2.24, 2.45) is 5.73 Å². The summed E-state index contributed by atoms with van der Waals surface area (Å²) in [5.74, 6) is -0.307. The molecule has 16 heavy (non-hydrogen) atoms. The number of rotatable bonds is 3. The smallest absolute Gasteiger partial charge is 0.263 e. The summed E-state index contributed by atoms with van der Waals surface area (Å²) in [7, 11) is 0. The Morgan fingerprint density at radius 3 is 2.69 bits per heavy atom. The van der Waals surface area contributed by atoms with E-state index in [0.29, 0.717) is 18.5 Å². The molecule has 0 atom stereocenters. The Kier molecular flexibility index (Phi) is 2.63. The third-order valence-electron chi connectivity index (χ3n) is 2.64. The van der Waals surface area contributed by atoms with Gasteiger partial charge in [-0.2, -0.15) is 0 Å². The minimum Gasteiger partial charge on any atom is -0.324 e.